The molecule has 0 saturated heterocycles. The number of nitrogens with one attached hydrogen (secondary N) is 2. The zero-order valence-electron chi connectivity index (χ0n) is 19.0. The van der Waals surface area contributed by atoms with Crippen molar-refractivity contribution in [3.63, 3.8) is 0 Å². The SMILES string of the molecule is COCCNc1cc2c(S(=O)(=O)C[C@@H]3CCC[C@H]3O)cc(-c3c(C)noc3C)cc2[nH]c1=O. The predicted octanol–water partition coefficient (Wildman–Crippen LogP) is 2.79. The molecule has 1 saturated carbocycles. The summed E-state index contributed by atoms with van der Waals surface area (Å²) < 4.78 is 37.5. The van der Waals surface area contributed by atoms with Crippen LogP contribution in [0.1, 0.15) is 30.7 Å². The van der Waals surface area contributed by atoms with E-state index in [2.05, 4.69) is 15.5 Å². The molecule has 178 valence electrons. The second-order valence-electron chi connectivity index (χ2n) is 8.61. The van der Waals surface area contributed by atoms with Gasteiger partial charge in [0.15, 0.2) is 9.84 Å². The number of hydrogen-bond acceptors (Lipinski definition) is 8. The molecule has 3 aromatic rings. The molecule has 0 radical (unpaired) electrons. The van der Waals surface area contributed by atoms with Crippen LogP contribution in [-0.4, -0.2) is 55.8 Å². The number of benzene rings is 1. The van der Waals surface area contributed by atoms with Gasteiger partial charge in [0.05, 0.1) is 34.6 Å². The lowest BCUT2D eigenvalue weighted by Gasteiger charge is -2.17. The zero-order chi connectivity index (χ0) is 23.8. The van der Waals surface area contributed by atoms with Gasteiger partial charge >= 0.3 is 0 Å². The number of pyridine rings is 1. The van der Waals surface area contributed by atoms with Gasteiger partial charge in [-0.2, -0.15) is 0 Å². The molecule has 2 atom stereocenters. The molecular formula is C23H29N3O6S. The minimum atomic E-state index is -3.78. The average molecular weight is 476 g/mol. The Labute approximate surface area is 192 Å². The first-order chi connectivity index (χ1) is 15.7. The number of aliphatic hydroxyl groups is 1. The minimum Gasteiger partial charge on any atom is -0.393 e. The molecule has 10 heteroatoms. The molecular weight excluding hydrogens is 446 g/mol. The number of fused-ring (bicyclic) bond motifs is 1. The Bertz CT molecular complexity index is 1310. The van der Waals surface area contributed by atoms with Gasteiger partial charge in [0.2, 0.25) is 0 Å². The Hall–Kier alpha value is -2.69. The number of nitrogens with zero attached hydrogens (tertiary/aromatic N) is 1. The smallest absolute Gasteiger partial charge is 0.271 e. The van der Waals surface area contributed by atoms with E-state index in [1.54, 1.807) is 39.2 Å². The van der Waals surface area contributed by atoms with Crippen molar-refractivity contribution < 1.29 is 22.8 Å². The summed E-state index contributed by atoms with van der Waals surface area (Å²) in [6.07, 6.45) is 1.47. The predicted molar refractivity (Wildman–Crippen MR) is 125 cm³/mol. The third-order valence-corrected chi connectivity index (χ3v) is 8.13. The van der Waals surface area contributed by atoms with E-state index in [0.717, 1.165) is 6.42 Å². The summed E-state index contributed by atoms with van der Waals surface area (Å²) in [4.78, 5) is 15.6. The maximum Gasteiger partial charge on any atom is 0.271 e. The molecule has 0 unspecified atom stereocenters. The number of rotatable bonds is 8. The number of sulfone groups is 1. The highest BCUT2D eigenvalue weighted by atomic mass is 32.2. The largest absolute Gasteiger partial charge is 0.393 e. The van der Waals surface area contributed by atoms with Crippen LogP contribution in [-0.2, 0) is 14.6 Å². The van der Waals surface area contributed by atoms with E-state index in [1.807, 2.05) is 0 Å². The Balaban J connectivity index is 1.90. The first-order valence-electron chi connectivity index (χ1n) is 11.0. The van der Waals surface area contributed by atoms with Crippen molar-refractivity contribution in [2.45, 2.75) is 44.1 Å². The number of aliphatic hydroxyl groups excluding tert-OH is 1. The van der Waals surface area contributed by atoms with Gasteiger partial charge in [-0.3, -0.25) is 4.79 Å². The molecule has 9 nitrogen and oxygen atoms in total. The van der Waals surface area contributed by atoms with Gasteiger partial charge in [0.25, 0.3) is 5.56 Å². The second-order valence-corrected chi connectivity index (χ2v) is 10.6. The van der Waals surface area contributed by atoms with Crippen molar-refractivity contribution in [2.24, 2.45) is 5.92 Å². The van der Waals surface area contributed by atoms with Crippen LogP contribution in [0.2, 0.25) is 0 Å². The highest BCUT2D eigenvalue weighted by Crippen LogP contribution is 2.36. The number of H-pyrrole nitrogens is 1. The van der Waals surface area contributed by atoms with Crippen molar-refractivity contribution in [1.82, 2.24) is 10.1 Å². The van der Waals surface area contributed by atoms with Gasteiger partial charge in [-0.1, -0.05) is 11.6 Å². The van der Waals surface area contributed by atoms with Crippen LogP contribution >= 0.6 is 0 Å². The lowest BCUT2D eigenvalue weighted by Crippen LogP contribution is -2.23. The fourth-order valence-electron chi connectivity index (χ4n) is 4.58. The van der Waals surface area contributed by atoms with Crippen molar-refractivity contribution >= 4 is 26.4 Å². The Kier molecular flexibility index (Phi) is 6.60. The fourth-order valence-corrected chi connectivity index (χ4v) is 6.52. The first kappa shape index (κ1) is 23.5. The molecule has 4 rings (SSSR count). The number of ether oxygens (including phenoxy) is 1. The van der Waals surface area contributed by atoms with Crippen LogP contribution in [0, 0.1) is 19.8 Å². The summed E-state index contributed by atoms with van der Waals surface area (Å²) in [5, 5.41) is 17.6. The van der Waals surface area contributed by atoms with Gasteiger partial charge in [0, 0.05) is 24.6 Å². The minimum absolute atomic E-state index is 0.111. The number of anilines is 1. The number of methoxy groups -OCH3 is 1. The summed E-state index contributed by atoms with van der Waals surface area (Å²) >= 11 is 0. The second kappa shape index (κ2) is 9.28. The van der Waals surface area contributed by atoms with E-state index in [4.69, 9.17) is 9.26 Å². The lowest BCUT2D eigenvalue weighted by molar-refractivity contribution is 0.142. The highest BCUT2D eigenvalue weighted by Gasteiger charge is 2.32. The van der Waals surface area contributed by atoms with Gasteiger partial charge in [-0.05, 0) is 56.4 Å². The van der Waals surface area contributed by atoms with E-state index in [0.29, 0.717) is 59.5 Å². The van der Waals surface area contributed by atoms with Crippen LogP contribution in [0.5, 0.6) is 0 Å². The highest BCUT2D eigenvalue weighted by molar-refractivity contribution is 7.91. The van der Waals surface area contributed by atoms with Gasteiger partial charge in [-0.25, -0.2) is 8.42 Å². The van der Waals surface area contributed by atoms with Gasteiger partial charge in [-0.15, -0.1) is 0 Å². The standard InChI is InChI=1S/C23H29N3O6S/c1-13-22(14(2)32-26-13)16-9-18-17(11-19(23(28)25-18)24-7-8-31-3)21(10-16)33(29,30)12-15-5-4-6-20(15)27/h9-11,15,20,24,27H,4-8,12H2,1-3H3,(H,25,28)/t15-,20+/m0/s1. The molecule has 33 heavy (non-hydrogen) atoms. The molecule has 0 spiro atoms. The third-order valence-electron chi connectivity index (χ3n) is 6.25. The Morgan fingerprint density at radius 1 is 1.27 bits per heavy atom. The summed E-state index contributed by atoms with van der Waals surface area (Å²) in [6.45, 7) is 4.34. The van der Waals surface area contributed by atoms with Crippen molar-refractivity contribution in [1.29, 1.82) is 0 Å². The Morgan fingerprint density at radius 3 is 2.70 bits per heavy atom. The quantitative estimate of drug-likeness (QED) is 0.423. The van der Waals surface area contributed by atoms with E-state index < -0.39 is 15.9 Å². The van der Waals surface area contributed by atoms with E-state index in [-0.39, 0.29) is 27.8 Å². The molecule has 1 aliphatic carbocycles. The van der Waals surface area contributed by atoms with Crippen LogP contribution in [0.3, 0.4) is 0 Å². The van der Waals surface area contributed by atoms with Crippen molar-refractivity contribution in [3.05, 3.63) is 40.0 Å². The zero-order valence-corrected chi connectivity index (χ0v) is 19.8. The molecule has 1 aliphatic rings. The number of hydrogen-bond donors (Lipinski definition) is 3. The molecule has 0 bridgehead atoms. The fraction of sp³-hybridized carbons (Fsp3) is 0.478. The van der Waals surface area contributed by atoms with Crippen LogP contribution < -0.4 is 10.9 Å². The van der Waals surface area contributed by atoms with Crippen LogP contribution in [0.4, 0.5) is 5.69 Å². The molecule has 1 aromatic carbocycles. The number of aromatic amines is 1. The van der Waals surface area contributed by atoms with Crippen molar-refractivity contribution in [2.75, 3.05) is 31.3 Å². The summed E-state index contributed by atoms with van der Waals surface area (Å²) in [5.74, 6) is 0.0938. The van der Waals surface area contributed by atoms with Crippen LogP contribution in [0.25, 0.3) is 22.0 Å². The molecule has 3 N–H and O–H groups in total. The van der Waals surface area contributed by atoms with E-state index in [9.17, 15) is 18.3 Å². The topological polar surface area (TPSA) is 135 Å². The van der Waals surface area contributed by atoms with Crippen LogP contribution in [0.15, 0.2) is 32.4 Å². The molecule has 2 aromatic heterocycles. The first-order valence-corrected chi connectivity index (χ1v) is 12.6. The Morgan fingerprint density at radius 2 is 2.06 bits per heavy atom. The number of aryl methyl sites for hydroxylation is 2. The third kappa shape index (κ3) is 4.68. The molecule has 0 amide bonds. The molecule has 2 heterocycles. The van der Waals surface area contributed by atoms with Gasteiger partial charge in [0.1, 0.15) is 11.4 Å². The van der Waals surface area contributed by atoms with E-state index in [1.165, 1.54) is 0 Å². The van der Waals surface area contributed by atoms with E-state index >= 15 is 0 Å². The summed E-state index contributed by atoms with van der Waals surface area (Å²) in [6, 6.07) is 4.92. The lowest BCUT2D eigenvalue weighted by atomic mass is 10.0. The molecule has 1 fully saturated rings. The maximum atomic E-state index is 13.6. The normalized spacial score (nSPS) is 18.8. The summed E-state index contributed by atoms with van der Waals surface area (Å²) in [5.41, 5.74) is 2.23. The number of aromatic nitrogens is 2. The van der Waals surface area contributed by atoms with Gasteiger partial charge < -0.3 is 24.7 Å². The molecule has 0 aliphatic heterocycles. The average Bonchev–Trinajstić information content (AvgIpc) is 3.31. The summed E-state index contributed by atoms with van der Waals surface area (Å²) in [7, 11) is -2.22. The maximum absolute atomic E-state index is 13.6. The monoisotopic (exact) mass is 475 g/mol. The van der Waals surface area contributed by atoms with Crippen molar-refractivity contribution in [3.8, 4) is 11.1 Å².